The first-order chi connectivity index (χ1) is 20.6. The molecule has 0 bridgehead atoms. The normalized spacial score (nSPS) is 22.7. The molecule has 2 aliphatic rings. The number of carbonyl (C=O) groups is 2. The molecular weight excluding hydrogens is 551 g/mol. The van der Waals surface area contributed by atoms with Crippen molar-refractivity contribution in [3.05, 3.63) is 53.8 Å². The first-order valence-corrected chi connectivity index (χ1v) is 15.5. The van der Waals surface area contributed by atoms with E-state index in [0.717, 1.165) is 38.3 Å². The van der Waals surface area contributed by atoms with Gasteiger partial charge < -0.3 is 35.0 Å². The lowest BCUT2D eigenvalue weighted by molar-refractivity contribution is -0.0172. The lowest BCUT2D eigenvalue weighted by atomic mass is 10.0. The van der Waals surface area contributed by atoms with E-state index in [1.165, 1.54) is 37.1 Å². The molecule has 4 rings (SSSR count). The molecule has 9 nitrogen and oxygen atoms in total. The molecule has 1 fully saturated rings. The number of anilines is 2. The minimum atomic E-state index is -0.529. The van der Waals surface area contributed by atoms with E-state index in [4.69, 9.17) is 9.47 Å². The molecule has 0 radical (unpaired) electrons. The number of hydrogen-bond donors (Lipinski definition) is 3. The van der Waals surface area contributed by atoms with Crippen LogP contribution in [-0.4, -0.2) is 85.0 Å². The first-order valence-electron chi connectivity index (χ1n) is 15.5. The van der Waals surface area contributed by atoms with E-state index < -0.39 is 17.9 Å². The summed E-state index contributed by atoms with van der Waals surface area (Å²) >= 11 is 0. The number of ether oxygens (including phenoxy) is 2. The van der Waals surface area contributed by atoms with Gasteiger partial charge in [0, 0.05) is 43.5 Å². The van der Waals surface area contributed by atoms with Crippen molar-refractivity contribution >= 4 is 23.3 Å². The van der Waals surface area contributed by atoms with Gasteiger partial charge in [0.25, 0.3) is 5.91 Å². The van der Waals surface area contributed by atoms with Crippen LogP contribution in [0.25, 0.3) is 0 Å². The highest BCUT2D eigenvalue weighted by Crippen LogP contribution is 2.31. The first kappa shape index (κ1) is 32.7. The van der Waals surface area contributed by atoms with E-state index >= 15 is 0 Å². The number of urea groups is 1. The van der Waals surface area contributed by atoms with Crippen molar-refractivity contribution in [2.24, 2.45) is 11.8 Å². The third kappa shape index (κ3) is 9.91. The van der Waals surface area contributed by atoms with Crippen LogP contribution < -0.4 is 15.4 Å². The average molecular weight is 599 g/mol. The van der Waals surface area contributed by atoms with Gasteiger partial charge in [-0.05, 0) is 101 Å². The zero-order valence-corrected chi connectivity index (χ0v) is 25.9. The van der Waals surface area contributed by atoms with Crippen molar-refractivity contribution in [2.75, 3.05) is 50.5 Å². The molecule has 0 unspecified atom stereocenters. The molecule has 3 N–H and O–H groups in total. The van der Waals surface area contributed by atoms with Gasteiger partial charge in [0.05, 0.1) is 30.4 Å². The summed E-state index contributed by atoms with van der Waals surface area (Å²) in [7, 11) is 2.13. The van der Waals surface area contributed by atoms with Crippen molar-refractivity contribution in [2.45, 2.75) is 71.1 Å². The molecule has 4 atom stereocenters. The lowest BCUT2D eigenvalue weighted by Crippen LogP contribution is -2.47. The molecule has 10 heteroatoms. The fraction of sp³-hybridized carbons (Fsp3) is 0.576. The van der Waals surface area contributed by atoms with Crippen LogP contribution >= 0.6 is 0 Å². The number of rotatable bonds is 8. The van der Waals surface area contributed by atoms with Crippen LogP contribution in [0.3, 0.4) is 0 Å². The molecule has 1 saturated carbocycles. The third-order valence-corrected chi connectivity index (χ3v) is 8.17. The Kier molecular flexibility index (Phi) is 11.8. The number of aliphatic hydroxyl groups excluding tert-OH is 1. The number of benzene rings is 2. The van der Waals surface area contributed by atoms with Gasteiger partial charge in [0.15, 0.2) is 0 Å². The van der Waals surface area contributed by atoms with Crippen LogP contribution in [0.2, 0.25) is 0 Å². The van der Waals surface area contributed by atoms with E-state index in [2.05, 4.69) is 29.5 Å². The molecule has 2 aromatic rings. The van der Waals surface area contributed by atoms with E-state index in [-0.39, 0.29) is 30.6 Å². The zero-order chi connectivity index (χ0) is 30.9. The highest BCUT2D eigenvalue weighted by Gasteiger charge is 2.31. The van der Waals surface area contributed by atoms with Crippen LogP contribution in [0.1, 0.15) is 63.2 Å². The second kappa shape index (κ2) is 15.5. The van der Waals surface area contributed by atoms with Gasteiger partial charge in [0.2, 0.25) is 0 Å². The van der Waals surface area contributed by atoms with Crippen molar-refractivity contribution < 1.29 is 28.6 Å². The quantitative estimate of drug-likeness (QED) is 0.365. The van der Waals surface area contributed by atoms with Crippen LogP contribution in [0.5, 0.6) is 5.75 Å². The highest BCUT2D eigenvalue weighted by atomic mass is 19.1. The number of nitrogens with one attached hydrogen (secondary N) is 2. The Labute approximate surface area is 254 Å². The summed E-state index contributed by atoms with van der Waals surface area (Å²) in [6.07, 6.45) is 5.01. The van der Waals surface area contributed by atoms with E-state index in [1.54, 1.807) is 23.1 Å². The Morgan fingerprint density at radius 2 is 1.77 bits per heavy atom. The molecule has 1 aliphatic carbocycles. The smallest absolute Gasteiger partial charge is 0.323 e. The average Bonchev–Trinajstić information content (AvgIpc) is 3.79. The Morgan fingerprint density at radius 3 is 2.47 bits per heavy atom. The number of carbonyl (C=O) groups excluding carboxylic acids is 2. The maximum atomic E-state index is 14.2. The number of amides is 3. The van der Waals surface area contributed by atoms with Crippen molar-refractivity contribution in [3.8, 4) is 5.75 Å². The van der Waals surface area contributed by atoms with Crippen LogP contribution in [0.15, 0.2) is 42.5 Å². The zero-order valence-electron chi connectivity index (χ0n) is 25.9. The molecule has 43 heavy (non-hydrogen) atoms. The summed E-state index contributed by atoms with van der Waals surface area (Å²) < 4.78 is 26.0. The Bertz CT molecular complexity index is 1210. The fourth-order valence-corrected chi connectivity index (χ4v) is 5.41. The number of aliphatic hydroxyl groups is 1. The summed E-state index contributed by atoms with van der Waals surface area (Å²) in [5.74, 6) is 0.515. The van der Waals surface area contributed by atoms with Gasteiger partial charge >= 0.3 is 6.03 Å². The van der Waals surface area contributed by atoms with E-state index in [0.29, 0.717) is 35.8 Å². The van der Waals surface area contributed by atoms with Gasteiger partial charge in [-0.3, -0.25) is 4.79 Å². The minimum Gasteiger partial charge on any atom is -0.490 e. The van der Waals surface area contributed by atoms with Gasteiger partial charge in [-0.1, -0.05) is 6.92 Å². The van der Waals surface area contributed by atoms with Crippen molar-refractivity contribution in [3.63, 3.8) is 0 Å². The lowest BCUT2D eigenvalue weighted by Gasteiger charge is -2.36. The Hall–Kier alpha value is -3.21. The number of halogens is 1. The molecule has 1 heterocycles. The third-order valence-electron chi connectivity index (χ3n) is 8.17. The number of fused-ring (bicyclic) bond motifs is 1. The highest BCUT2D eigenvalue weighted by molar-refractivity contribution is 6.02. The van der Waals surface area contributed by atoms with Crippen molar-refractivity contribution in [1.29, 1.82) is 0 Å². The SMILES string of the molecule is C[C@H](CO)N1C[C@H](C)[C@@H](CN(C)CC2CC2)OCCCC[C@H](C)Oc2ccc(NC(=O)Nc3ccc(F)cc3)cc2C1=O. The maximum absolute atomic E-state index is 14.2. The van der Waals surface area contributed by atoms with Crippen molar-refractivity contribution in [1.82, 2.24) is 9.80 Å². The molecule has 1 aliphatic heterocycles. The summed E-state index contributed by atoms with van der Waals surface area (Å²) in [6.45, 7) is 8.57. The topological polar surface area (TPSA) is 103 Å². The molecule has 0 aromatic heterocycles. The molecular formula is C33H47FN4O5. The molecule has 2 aromatic carbocycles. The second-order valence-corrected chi connectivity index (χ2v) is 12.3. The Balaban J connectivity index is 1.58. The number of hydrogen-bond acceptors (Lipinski definition) is 6. The molecule has 0 spiro atoms. The second-order valence-electron chi connectivity index (χ2n) is 12.3. The summed E-state index contributed by atoms with van der Waals surface area (Å²) in [6, 6.07) is 9.48. The molecule has 3 amide bonds. The summed E-state index contributed by atoms with van der Waals surface area (Å²) in [5, 5.41) is 15.6. The summed E-state index contributed by atoms with van der Waals surface area (Å²) in [4.78, 5) is 31.0. The fourth-order valence-electron chi connectivity index (χ4n) is 5.41. The molecule has 0 saturated heterocycles. The Morgan fingerprint density at radius 1 is 1.07 bits per heavy atom. The largest absolute Gasteiger partial charge is 0.490 e. The van der Waals surface area contributed by atoms with Gasteiger partial charge in [-0.2, -0.15) is 0 Å². The predicted octanol–water partition coefficient (Wildman–Crippen LogP) is 5.61. The standard InChI is InChI=1S/C33H47FN4O5/c1-22-18-38(23(2)21-39)32(40)29-17-28(36-33(41)35-27-12-10-26(34)11-13-27)14-15-30(29)43-24(3)7-5-6-16-42-31(22)20-37(4)19-25-8-9-25/h10-15,17,22-25,31,39H,5-9,16,18-21H2,1-4H3,(H2,35,36,41)/t22-,23+,24-,31+/m0/s1. The number of likely N-dealkylation sites (N-methyl/N-ethyl adjacent to an activating group) is 1. The monoisotopic (exact) mass is 598 g/mol. The summed E-state index contributed by atoms with van der Waals surface area (Å²) in [5.41, 5.74) is 1.14. The maximum Gasteiger partial charge on any atom is 0.323 e. The van der Waals surface area contributed by atoms with Crippen LogP contribution in [-0.2, 0) is 4.74 Å². The van der Waals surface area contributed by atoms with E-state index in [9.17, 15) is 19.1 Å². The van der Waals surface area contributed by atoms with Gasteiger partial charge in [-0.25, -0.2) is 9.18 Å². The predicted molar refractivity (Wildman–Crippen MR) is 166 cm³/mol. The van der Waals surface area contributed by atoms with Gasteiger partial charge in [0.1, 0.15) is 11.6 Å². The van der Waals surface area contributed by atoms with Crippen LogP contribution in [0, 0.1) is 17.7 Å². The minimum absolute atomic E-state index is 0.00799. The van der Waals surface area contributed by atoms with Gasteiger partial charge in [-0.15, -0.1) is 0 Å². The van der Waals surface area contributed by atoms with Crippen LogP contribution in [0.4, 0.5) is 20.6 Å². The number of nitrogens with zero attached hydrogens (tertiary/aromatic N) is 2. The van der Waals surface area contributed by atoms with E-state index in [1.807, 2.05) is 13.8 Å². The molecule has 236 valence electrons.